The van der Waals surface area contributed by atoms with Crippen molar-refractivity contribution in [2.45, 2.75) is 13.0 Å². The number of nitrogens with one attached hydrogen (secondary N) is 1. The Kier molecular flexibility index (Phi) is 4.51. The van der Waals surface area contributed by atoms with Crippen molar-refractivity contribution in [3.8, 4) is 22.7 Å². The van der Waals surface area contributed by atoms with Crippen LogP contribution in [-0.2, 0) is 14.1 Å². The largest absolute Gasteiger partial charge is 0.508 e. The molecule has 5 aromatic rings. The van der Waals surface area contributed by atoms with Gasteiger partial charge in [0.1, 0.15) is 5.75 Å². The minimum absolute atomic E-state index is 0.135. The Morgan fingerprint density at radius 3 is 2.29 bits per heavy atom. The van der Waals surface area contributed by atoms with E-state index in [0.29, 0.717) is 16.5 Å². The molecular formula is C28H24N4O3. The molecule has 0 spiro atoms. The molecule has 0 saturated carbocycles. The summed E-state index contributed by atoms with van der Waals surface area (Å²) in [5.41, 5.74) is 5.62. The minimum atomic E-state index is -0.495. The Balaban J connectivity index is 1.88. The highest BCUT2D eigenvalue weighted by atomic mass is 16.3. The Hall–Kier alpha value is -4.52. The number of nitrogens with zero attached hydrogens (tertiary/aromatic N) is 3. The topological polar surface area (TPSA) is 81.2 Å². The van der Waals surface area contributed by atoms with Crippen LogP contribution in [0.2, 0.25) is 0 Å². The van der Waals surface area contributed by atoms with Gasteiger partial charge in [-0.25, -0.2) is 4.79 Å². The van der Waals surface area contributed by atoms with Crippen LogP contribution < -0.4 is 16.6 Å². The third-order valence-electron chi connectivity index (χ3n) is 6.90. The van der Waals surface area contributed by atoms with E-state index in [1.807, 2.05) is 67.6 Å². The van der Waals surface area contributed by atoms with Gasteiger partial charge >= 0.3 is 5.69 Å². The van der Waals surface area contributed by atoms with Crippen LogP contribution in [0.4, 0.5) is 5.69 Å². The fraction of sp³-hybridized carbons (Fsp3) is 0.143. The summed E-state index contributed by atoms with van der Waals surface area (Å²) in [4.78, 5) is 26.8. The highest BCUT2D eigenvalue weighted by Gasteiger charge is 2.35. The number of hydrogen-bond acceptors (Lipinski definition) is 4. The monoisotopic (exact) mass is 464 g/mol. The first kappa shape index (κ1) is 21.0. The predicted octanol–water partition coefficient (Wildman–Crippen LogP) is 4.22. The van der Waals surface area contributed by atoms with Gasteiger partial charge in [-0.2, -0.15) is 0 Å². The van der Waals surface area contributed by atoms with Crippen molar-refractivity contribution < 1.29 is 5.11 Å². The van der Waals surface area contributed by atoms with Crippen molar-refractivity contribution >= 4 is 16.6 Å². The fourth-order valence-electron chi connectivity index (χ4n) is 5.17. The number of rotatable bonds is 2. The standard InChI is InChI=1S/C28H24N4O3/c1-16-12-14-17(15-13-16)24-22-25(30(2)28(35)31(3)27(22)34)26-23(18-8-4-7-11-21(18)33)29-19-9-5-6-10-20(19)32(24)26/h4-15,23,29,33H,1-3H3/t23-/m1/s1. The van der Waals surface area contributed by atoms with Crippen molar-refractivity contribution in [2.24, 2.45) is 14.1 Å². The first-order valence-corrected chi connectivity index (χ1v) is 11.4. The highest BCUT2D eigenvalue weighted by molar-refractivity contribution is 5.99. The lowest BCUT2D eigenvalue weighted by Gasteiger charge is -2.31. The van der Waals surface area contributed by atoms with Crippen LogP contribution in [0.25, 0.3) is 27.8 Å². The van der Waals surface area contributed by atoms with E-state index in [1.54, 1.807) is 19.2 Å². The average Bonchev–Trinajstić information content (AvgIpc) is 3.23. The zero-order chi connectivity index (χ0) is 24.4. The number of phenols is 1. The first-order valence-electron chi connectivity index (χ1n) is 11.4. The summed E-state index contributed by atoms with van der Waals surface area (Å²) in [6.45, 7) is 2.02. The second kappa shape index (κ2) is 7.50. The van der Waals surface area contributed by atoms with Gasteiger partial charge < -0.3 is 15.0 Å². The Labute approximate surface area is 201 Å². The summed E-state index contributed by atoms with van der Waals surface area (Å²) in [6.07, 6.45) is 0. The van der Waals surface area contributed by atoms with Gasteiger partial charge in [-0.05, 0) is 30.7 Å². The SMILES string of the molecule is Cc1ccc(-c2c3c(=O)n(C)c(=O)n(C)c3c3n2-c2ccccc2N[C@@H]3c2ccccc2O)cc1. The van der Waals surface area contributed by atoms with E-state index in [-0.39, 0.29) is 11.3 Å². The lowest BCUT2D eigenvalue weighted by atomic mass is 9.98. The minimum Gasteiger partial charge on any atom is -0.508 e. The molecule has 0 bridgehead atoms. The van der Waals surface area contributed by atoms with Crippen molar-refractivity contribution in [1.82, 2.24) is 13.7 Å². The Bertz CT molecular complexity index is 1760. The third-order valence-corrected chi connectivity index (χ3v) is 6.90. The maximum atomic E-state index is 13.7. The van der Waals surface area contributed by atoms with E-state index in [4.69, 9.17) is 0 Å². The van der Waals surface area contributed by atoms with Crippen LogP contribution in [0.1, 0.15) is 22.9 Å². The lowest BCUT2D eigenvalue weighted by Crippen LogP contribution is -2.37. The number of aromatic hydroxyl groups is 1. The quantitative estimate of drug-likeness (QED) is 0.410. The summed E-state index contributed by atoms with van der Waals surface area (Å²) in [6, 6.07) is 22.5. The molecule has 1 aliphatic heterocycles. The van der Waals surface area contributed by atoms with Gasteiger partial charge in [0.25, 0.3) is 5.56 Å². The molecule has 3 heterocycles. The van der Waals surface area contributed by atoms with E-state index >= 15 is 0 Å². The molecular weight excluding hydrogens is 440 g/mol. The van der Waals surface area contributed by atoms with Gasteiger partial charge in [0.2, 0.25) is 0 Å². The van der Waals surface area contributed by atoms with Crippen molar-refractivity contribution in [2.75, 3.05) is 5.32 Å². The summed E-state index contributed by atoms with van der Waals surface area (Å²) < 4.78 is 4.75. The molecule has 0 aliphatic carbocycles. The normalized spacial score (nSPS) is 14.4. The van der Waals surface area contributed by atoms with Crippen LogP contribution in [0.3, 0.4) is 0 Å². The first-order chi connectivity index (χ1) is 16.9. The van der Waals surface area contributed by atoms with Gasteiger partial charge in [-0.15, -0.1) is 0 Å². The Morgan fingerprint density at radius 1 is 0.857 bits per heavy atom. The van der Waals surface area contributed by atoms with E-state index in [0.717, 1.165) is 38.5 Å². The molecule has 0 radical (unpaired) electrons. The average molecular weight is 465 g/mol. The molecule has 7 nitrogen and oxygen atoms in total. The molecule has 2 N–H and O–H groups in total. The fourth-order valence-corrected chi connectivity index (χ4v) is 5.17. The molecule has 1 aliphatic rings. The number of fused-ring (bicyclic) bond motifs is 5. The Morgan fingerprint density at radius 2 is 1.54 bits per heavy atom. The molecule has 174 valence electrons. The lowest BCUT2D eigenvalue weighted by molar-refractivity contribution is 0.465. The van der Waals surface area contributed by atoms with E-state index in [2.05, 4.69) is 9.88 Å². The zero-order valence-corrected chi connectivity index (χ0v) is 19.6. The molecule has 2 aromatic heterocycles. The van der Waals surface area contributed by atoms with Crippen LogP contribution in [-0.4, -0.2) is 18.8 Å². The number of phenolic OH excluding ortho intramolecular Hbond substituents is 1. The number of para-hydroxylation sites is 3. The number of benzene rings is 3. The molecule has 0 amide bonds. The number of hydrogen-bond donors (Lipinski definition) is 2. The number of aromatic nitrogens is 3. The highest BCUT2D eigenvalue weighted by Crippen LogP contribution is 2.46. The van der Waals surface area contributed by atoms with Crippen LogP contribution >= 0.6 is 0 Å². The van der Waals surface area contributed by atoms with Crippen LogP contribution in [0.5, 0.6) is 5.75 Å². The number of anilines is 1. The van der Waals surface area contributed by atoms with E-state index in [9.17, 15) is 14.7 Å². The second-order valence-electron chi connectivity index (χ2n) is 9.02. The van der Waals surface area contributed by atoms with Crippen molar-refractivity contribution in [1.29, 1.82) is 0 Å². The molecule has 1 atom stereocenters. The molecule has 3 aromatic carbocycles. The van der Waals surface area contributed by atoms with Gasteiger partial charge in [0.05, 0.1) is 39.7 Å². The maximum absolute atomic E-state index is 13.7. The predicted molar refractivity (Wildman–Crippen MR) is 138 cm³/mol. The number of aryl methyl sites for hydroxylation is 2. The maximum Gasteiger partial charge on any atom is 0.331 e. The summed E-state index contributed by atoms with van der Waals surface area (Å²) in [5.74, 6) is 0.135. The van der Waals surface area contributed by atoms with Crippen LogP contribution in [0, 0.1) is 6.92 Å². The third kappa shape index (κ3) is 2.91. The van der Waals surface area contributed by atoms with Crippen LogP contribution in [0.15, 0.2) is 82.4 Å². The molecule has 6 rings (SSSR count). The van der Waals surface area contributed by atoms with Crippen molar-refractivity contribution in [3.05, 3.63) is 110 Å². The van der Waals surface area contributed by atoms with E-state index in [1.165, 1.54) is 11.6 Å². The second-order valence-corrected chi connectivity index (χ2v) is 9.02. The molecule has 0 saturated heterocycles. The van der Waals surface area contributed by atoms with Gasteiger partial charge in [-0.1, -0.05) is 60.2 Å². The van der Waals surface area contributed by atoms with Crippen molar-refractivity contribution in [3.63, 3.8) is 0 Å². The summed E-state index contributed by atoms with van der Waals surface area (Å²) in [5, 5.41) is 14.8. The molecule has 35 heavy (non-hydrogen) atoms. The van der Waals surface area contributed by atoms with Gasteiger partial charge in [0.15, 0.2) is 0 Å². The smallest absolute Gasteiger partial charge is 0.331 e. The molecule has 0 fully saturated rings. The summed E-state index contributed by atoms with van der Waals surface area (Å²) in [7, 11) is 3.19. The van der Waals surface area contributed by atoms with Gasteiger partial charge in [-0.3, -0.25) is 13.9 Å². The van der Waals surface area contributed by atoms with Gasteiger partial charge in [0, 0.05) is 19.7 Å². The zero-order valence-electron chi connectivity index (χ0n) is 19.6. The molecule has 0 unspecified atom stereocenters. The molecule has 7 heteroatoms. The van der Waals surface area contributed by atoms with E-state index < -0.39 is 11.7 Å². The summed E-state index contributed by atoms with van der Waals surface area (Å²) >= 11 is 0.